The van der Waals surface area contributed by atoms with Crippen molar-refractivity contribution in [1.82, 2.24) is 4.90 Å². The van der Waals surface area contributed by atoms with E-state index < -0.39 is 0 Å². The maximum Gasteiger partial charge on any atom is 0.0579 e. The summed E-state index contributed by atoms with van der Waals surface area (Å²) >= 11 is 1.82. The highest BCUT2D eigenvalue weighted by Gasteiger charge is 2.41. The van der Waals surface area contributed by atoms with E-state index in [9.17, 15) is 0 Å². The van der Waals surface area contributed by atoms with Gasteiger partial charge in [0.25, 0.3) is 0 Å². The van der Waals surface area contributed by atoms with Crippen LogP contribution in [0.3, 0.4) is 0 Å². The lowest BCUT2D eigenvalue weighted by molar-refractivity contribution is 0.0777. The Kier molecular flexibility index (Phi) is 4.46. The van der Waals surface area contributed by atoms with E-state index in [0.29, 0.717) is 0 Å². The average molecular weight is 266 g/mol. The van der Waals surface area contributed by atoms with Gasteiger partial charge in [-0.1, -0.05) is 13.8 Å². The molecule has 0 aromatic carbocycles. The first-order valence-corrected chi connectivity index (χ1v) is 8.08. The van der Waals surface area contributed by atoms with E-state index in [2.05, 4.69) is 37.1 Å². The number of hydrogen-bond donors (Lipinski definition) is 1. The molecular formula is C15H26N2S. The van der Waals surface area contributed by atoms with E-state index in [4.69, 9.17) is 5.73 Å². The third kappa shape index (κ3) is 2.24. The fourth-order valence-corrected chi connectivity index (χ4v) is 4.48. The first-order valence-electron chi connectivity index (χ1n) is 7.20. The van der Waals surface area contributed by atoms with Crippen molar-refractivity contribution in [2.75, 3.05) is 13.1 Å². The molecular weight excluding hydrogens is 240 g/mol. The van der Waals surface area contributed by atoms with Gasteiger partial charge >= 0.3 is 0 Å². The number of aryl methyl sites for hydroxylation is 1. The molecule has 3 heteroatoms. The average Bonchev–Trinajstić information content (AvgIpc) is 3.02. The van der Waals surface area contributed by atoms with Gasteiger partial charge < -0.3 is 5.73 Å². The van der Waals surface area contributed by atoms with Crippen LogP contribution in [0.1, 0.15) is 56.0 Å². The minimum Gasteiger partial charge on any atom is -0.322 e. The summed E-state index contributed by atoms with van der Waals surface area (Å²) in [6.45, 7) is 9.22. The Bertz CT molecular complexity index is 376. The molecule has 2 rings (SSSR count). The second kappa shape index (κ2) is 5.72. The van der Waals surface area contributed by atoms with E-state index >= 15 is 0 Å². The standard InChI is InChI=1S/C15H26N2S/c1-4-15(5-2,17-9-6-7-10-17)14(16)13-12(3)8-11-18-13/h8,11,14H,4-7,9-10,16H2,1-3H3. The summed E-state index contributed by atoms with van der Waals surface area (Å²) in [7, 11) is 0. The molecule has 2 heterocycles. The molecule has 102 valence electrons. The van der Waals surface area contributed by atoms with Crippen LogP contribution in [0.2, 0.25) is 0 Å². The molecule has 2 N–H and O–H groups in total. The lowest BCUT2D eigenvalue weighted by atomic mass is 9.81. The van der Waals surface area contributed by atoms with Crippen molar-refractivity contribution in [3.63, 3.8) is 0 Å². The molecule has 2 nitrogen and oxygen atoms in total. The highest BCUT2D eigenvalue weighted by atomic mass is 32.1. The van der Waals surface area contributed by atoms with Crippen LogP contribution < -0.4 is 5.73 Å². The van der Waals surface area contributed by atoms with Crippen LogP contribution in [0, 0.1) is 6.92 Å². The Morgan fingerprint density at radius 1 is 1.33 bits per heavy atom. The maximum atomic E-state index is 6.69. The van der Waals surface area contributed by atoms with Crippen molar-refractivity contribution in [1.29, 1.82) is 0 Å². The molecule has 1 aliphatic rings. The molecule has 0 aliphatic carbocycles. The first-order chi connectivity index (χ1) is 8.65. The largest absolute Gasteiger partial charge is 0.322 e. The third-order valence-corrected chi connectivity index (χ3v) is 5.83. The zero-order chi connectivity index (χ0) is 13.2. The molecule has 1 fully saturated rings. The van der Waals surface area contributed by atoms with Crippen LogP contribution in [0.25, 0.3) is 0 Å². The molecule has 0 bridgehead atoms. The first kappa shape index (κ1) is 14.0. The second-order valence-electron chi connectivity index (χ2n) is 5.45. The number of hydrogen-bond acceptors (Lipinski definition) is 3. The number of rotatable bonds is 5. The Balaban J connectivity index is 2.31. The summed E-state index contributed by atoms with van der Waals surface area (Å²) in [6.07, 6.45) is 4.94. The summed E-state index contributed by atoms with van der Waals surface area (Å²) in [6, 6.07) is 2.35. The molecule has 1 unspecified atom stereocenters. The number of nitrogens with zero attached hydrogens (tertiary/aromatic N) is 1. The number of thiophene rings is 1. The summed E-state index contributed by atoms with van der Waals surface area (Å²) < 4.78 is 0. The molecule has 0 saturated carbocycles. The van der Waals surface area contributed by atoms with Crippen LogP contribution in [-0.4, -0.2) is 23.5 Å². The van der Waals surface area contributed by atoms with E-state index in [0.717, 1.165) is 12.8 Å². The summed E-state index contributed by atoms with van der Waals surface area (Å²) in [5.41, 5.74) is 8.21. The minimum atomic E-state index is 0.158. The fraction of sp³-hybridized carbons (Fsp3) is 0.733. The van der Waals surface area contributed by atoms with E-state index in [1.54, 1.807) is 0 Å². The normalized spacial score (nSPS) is 19.3. The van der Waals surface area contributed by atoms with Crippen molar-refractivity contribution >= 4 is 11.3 Å². The zero-order valence-electron chi connectivity index (χ0n) is 11.9. The van der Waals surface area contributed by atoms with Crippen molar-refractivity contribution in [3.8, 4) is 0 Å². The van der Waals surface area contributed by atoms with Crippen molar-refractivity contribution in [2.24, 2.45) is 5.73 Å². The monoisotopic (exact) mass is 266 g/mol. The van der Waals surface area contributed by atoms with Gasteiger partial charge in [0.15, 0.2) is 0 Å². The van der Waals surface area contributed by atoms with Crippen molar-refractivity contribution in [3.05, 3.63) is 21.9 Å². The lowest BCUT2D eigenvalue weighted by Crippen LogP contribution is -2.53. The molecule has 1 atom stereocenters. The van der Waals surface area contributed by atoms with Crippen LogP contribution in [-0.2, 0) is 0 Å². The van der Waals surface area contributed by atoms with Crippen molar-refractivity contribution in [2.45, 2.75) is 58.0 Å². The molecule has 1 aliphatic heterocycles. The highest BCUT2D eigenvalue weighted by Crippen LogP contribution is 2.40. The predicted molar refractivity (Wildman–Crippen MR) is 80.1 cm³/mol. The Morgan fingerprint density at radius 2 is 1.94 bits per heavy atom. The van der Waals surface area contributed by atoms with Crippen LogP contribution in [0.5, 0.6) is 0 Å². The zero-order valence-corrected chi connectivity index (χ0v) is 12.7. The van der Waals surface area contributed by atoms with Crippen molar-refractivity contribution < 1.29 is 0 Å². The van der Waals surface area contributed by atoms with Gasteiger partial charge in [-0.15, -0.1) is 11.3 Å². The Morgan fingerprint density at radius 3 is 2.39 bits per heavy atom. The Hall–Kier alpha value is -0.380. The molecule has 18 heavy (non-hydrogen) atoms. The van der Waals surface area contributed by atoms with Gasteiger partial charge in [0.2, 0.25) is 0 Å². The van der Waals surface area contributed by atoms with Gasteiger partial charge in [-0.3, -0.25) is 4.90 Å². The molecule has 1 aromatic rings. The Labute approximate surface area is 115 Å². The maximum absolute atomic E-state index is 6.69. The van der Waals surface area contributed by atoms with Gasteiger partial charge in [0, 0.05) is 10.4 Å². The predicted octanol–water partition coefficient (Wildman–Crippen LogP) is 3.71. The molecule has 0 radical (unpaired) electrons. The topological polar surface area (TPSA) is 29.3 Å². The van der Waals surface area contributed by atoms with Crippen LogP contribution in [0.15, 0.2) is 11.4 Å². The van der Waals surface area contributed by atoms with Gasteiger partial charge in [-0.25, -0.2) is 0 Å². The second-order valence-corrected chi connectivity index (χ2v) is 6.40. The van der Waals surface area contributed by atoms with E-state index in [-0.39, 0.29) is 11.6 Å². The third-order valence-electron chi connectivity index (χ3n) is 4.72. The molecule has 0 spiro atoms. The SMILES string of the molecule is CCC(CC)(C(N)c1sccc1C)N1CCCC1. The number of likely N-dealkylation sites (tertiary alicyclic amines) is 1. The van der Waals surface area contributed by atoms with E-state index in [1.165, 1.54) is 36.4 Å². The van der Waals surface area contributed by atoms with Gasteiger partial charge in [0.05, 0.1) is 6.04 Å². The van der Waals surface area contributed by atoms with Gasteiger partial charge in [0.1, 0.15) is 0 Å². The summed E-state index contributed by atoms with van der Waals surface area (Å²) in [5, 5.41) is 2.17. The van der Waals surface area contributed by atoms with Crippen LogP contribution in [0.4, 0.5) is 0 Å². The van der Waals surface area contributed by atoms with Gasteiger partial charge in [-0.05, 0) is 62.7 Å². The lowest BCUT2D eigenvalue weighted by Gasteiger charge is -2.45. The quantitative estimate of drug-likeness (QED) is 0.880. The molecule has 1 aromatic heterocycles. The minimum absolute atomic E-state index is 0.158. The highest BCUT2D eigenvalue weighted by molar-refractivity contribution is 7.10. The summed E-state index contributed by atoms with van der Waals surface area (Å²) in [5.74, 6) is 0. The fourth-order valence-electron chi connectivity index (χ4n) is 3.44. The molecule has 0 amide bonds. The van der Waals surface area contributed by atoms with Gasteiger partial charge in [-0.2, -0.15) is 0 Å². The smallest absolute Gasteiger partial charge is 0.0579 e. The molecule has 1 saturated heterocycles. The van der Waals surface area contributed by atoms with E-state index in [1.807, 2.05) is 11.3 Å². The number of nitrogens with two attached hydrogens (primary N) is 1. The summed E-state index contributed by atoms with van der Waals surface area (Å²) in [4.78, 5) is 4.03. The van der Waals surface area contributed by atoms with Crippen LogP contribution >= 0.6 is 11.3 Å².